The van der Waals surface area contributed by atoms with E-state index in [1.54, 1.807) is 11.3 Å². The zero-order valence-corrected chi connectivity index (χ0v) is 19.4. The molecule has 164 valence electrons. The summed E-state index contributed by atoms with van der Waals surface area (Å²) in [5.74, 6) is 0.303. The molecular weight excluding hydrogens is 396 g/mol. The minimum absolute atomic E-state index is 0.00784. The van der Waals surface area contributed by atoms with Crippen LogP contribution in [-0.2, 0) is 16.0 Å². The van der Waals surface area contributed by atoms with Crippen LogP contribution < -0.4 is 5.32 Å². The normalized spacial score (nSPS) is 15.7. The second-order valence-electron chi connectivity index (χ2n) is 9.35. The fourth-order valence-corrected chi connectivity index (χ4v) is 5.14. The van der Waals surface area contributed by atoms with E-state index < -0.39 is 0 Å². The number of carbonyl (C=O) groups excluding carboxylic acids is 2. The highest BCUT2D eigenvalue weighted by atomic mass is 32.1. The van der Waals surface area contributed by atoms with Gasteiger partial charge in [-0.2, -0.15) is 0 Å². The molecule has 1 aromatic heterocycles. The Hall–Kier alpha value is -1.99. The van der Waals surface area contributed by atoms with Crippen molar-refractivity contribution in [2.24, 2.45) is 11.3 Å². The number of piperidine rings is 1. The van der Waals surface area contributed by atoms with Gasteiger partial charge in [0.2, 0.25) is 11.8 Å². The SMILES string of the molecule is CN(C)CC(C)(C)CNC(=O)C1CCN(C(=O)CCc2nc3ccccc3s2)CC1. The summed E-state index contributed by atoms with van der Waals surface area (Å²) in [4.78, 5) is 33.9. The van der Waals surface area contributed by atoms with Crippen LogP contribution in [0.5, 0.6) is 0 Å². The predicted molar refractivity (Wildman–Crippen MR) is 123 cm³/mol. The number of nitrogens with one attached hydrogen (secondary N) is 1. The van der Waals surface area contributed by atoms with Gasteiger partial charge < -0.3 is 15.1 Å². The molecule has 0 saturated carbocycles. The fraction of sp³-hybridized carbons (Fsp3) is 0.609. The average molecular weight is 431 g/mol. The number of aryl methyl sites for hydroxylation is 1. The molecule has 6 nitrogen and oxygen atoms in total. The van der Waals surface area contributed by atoms with E-state index in [4.69, 9.17) is 0 Å². The van der Waals surface area contributed by atoms with E-state index in [0.717, 1.165) is 29.9 Å². The number of carbonyl (C=O) groups is 2. The van der Waals surface area contributed by atoms with Crippen molar-refractivity contribution in [1.29, 1.82) is 0 Å². The molecule has 1 N–H and O–H groups in total. The molecule has 2 aromatic rings. The highest BCUT2D eigenvalue weighted by Gasteiger charge is 2.28. The largest absolute Gasteiger partial charge is 0.355 e. The maximum absolute atomic E-state index is 12.6. The molecule has 1 fully saturated rings. The Morgan fingerprint density at radius 1 is 1.23 bits per heavy atom. The minimum atomic E-state index is 0.00784. The Labute approximate surface area is 183 Å². The quantitative estimate of drug-likeness (QED) is 0.699. The van der Waals surface area contributed by atoms with Gasteiger partial charge in [-0.3, -0.25) is 9.59 Å². The van der Waals surface area contributed by atoms with Crippen LogP contribution in [0.25, 0.3) is 10.2 Å². The van der Waals surface area contributed by atoms with Gasteiger partial charge in [-0.1, -0.05) is 26.0 Å². The maximum Gasteiger partial charge on any atom is 0.223 e. The lowest BCUT2D eigenvalue weighted by Gasteiger charge is -2.33. The van der Waals surface area contributed by atoms with Crippen LogP contribution in [0.15, 0.2) is 24.3 Å². The second-order valence-corrected chi connectivity index (χ2v) is 10.5. The van der Waals surface area contributed by atoms with E-state index in [2.05, 4.69) is 35.1 Å². The molecule has 0 bridgehead atoms. The first-order valence-electron chi connectivity index (χ1n) is 10.8. The summed E-state index contributed by atoms with van der Waals surface area (Å²) in [6.45, 7) is 7.26. The van der Waals surface area contributed by atoms with Crippen molar-refractivity contribution in [3.8, 4) is 0 Å². The maximum atomic E-state index is 12.6. The Morgan fingerprint density at radius 3 is 2.60 bits per heavy atom. The van der Waals surface area contributed by atoms with Gasteiger partial charge in [0, 0.05) is 44.9 Å². The summed E-state index contributed by atoms with van der Waals surface area (Å²) >= 11 is 1.66. The number of aromatic nitrogens is 1. The number of nitrogens with zero attached hydrogens (tertiary/aromatic N) is 3. The van der Waals surface area contributed by atoms with E-state index in [-0.39, 0.29) is 23.1 Å². The van der Waals surface area contributed by atoms with Gasteiger partial charge in [0.1, 0.15) is 0 Å². The Kier molecular flexibility index (Phi) is 7.47. The summed E-state index contributed by atoms with van der Waals surface area (Å²) < 4.78 is 1.17. The summed E-state index contributed by atoms with van der Waals surface area (Å²) in [6.07, 6.45) is 2.65. The number of hydrogen-bond acceptors (Lipinski definition) is 5. The van der Waals surface area contributed by atoms with Crippen LogP contribution in [0.2, 0.25) is 0 Å². The number of hydrogen-bond donors (Lipinski definition) is 1. The van der Waals surface area contributed by atoms with E-state index in [1.165, 1.54) is 4.70 Å². The van der Waals surface area contributed by atoms with Crippen molar-refractivity contribution in [3.05, 3.63) is 29.3 Å². The highest BCUT2D eigenvalue weighted by molar-refractivity contribution is 7.18. The first-order chi connectivity index (χ1) is 14.2. The van der Waals surface area contributed by atoms with Crippen LogP contribution in [0.3, 0.4) is 0 Å². The predicted octanol–water partition coefficient (Wildman–Crippen LogP) is 3.17. The molecule has 1 aliphatic rings. The van der Waals surface area contributed by atoms with Gasteiger partial charge in [0.05, 0.1) is 15.2 Å². The zero-order chi connectivity index (χ0) is 21.7. The van der Waals surface area contributed by atoms with E-state index in [1.807, 2.05) is 37.2 Å². The average Bonchev–Trinajstić information content (AvgIpc) is 3.12. The molecule has 1 aliphatic heterocycles. The summed E-state index contributed by atoms with van der Waals surface area (Å²) in [5.41, 5.74) is 1.04. The zero-order valence-electron chi connectivity index (χ0n) is 18.6. The standard InChI is InChI=1S/C23H34N4O2S/c1-23(2,16-26(3)4)15-24-22(29)17-11-13-27(14-12-17)21(28)10-9-20-25-18-7-5-6-8-19(18)30-20/h5-8,17H,9-16H2,1-4H3,(H,24,29). The highest BCUT2D eigenvalue weighted by Crippen LogP contribution is 2.24. The third-order valence-corrected chi connectivity index (χ3v) is 6.69. The number of rotatable bonds is 8. The molecule has 0 aliphatic carbocycles. The number of thiazole rings is 1. The van der Waals surface area contributed by atoms with Crippen molar-refractivity contribution in [2.75, 3.05) is 40.3 Å². The number of fused-ring (bicyclic) bond motifs is 1. The molecule has 1 aromatic carbocycles. The lowest BCUT2D eigenvalue weighted by molar-refractivity contribution is -0.135. The molecule has 7 heteroatoms. The summed E-state index contributed by atoms with van der Waals surface area (Å²) in [6, 6.07) is 8.07. The van der Waals surface area contributed by atoms with E-state index >= 15 is 0 Å². The topological polar surface area (TPSA) is 65.5 Å². The van der Waals surface area contributed by atoms with Crippen LogP contribution in [0.4, 0.5) is 0 Å². The Morgan fingerprint density at radius 2 is 1.93 bits per heavy atom. The summed E-state index contributed by atoms with van der Waals surface area (Å²) in [7, 11) is 4.10. The van der Waals surface area contributed by atoms with Crippen LogP contribution in [0, 0.1) is 11.3 Å². The smallest absolute Gasteiger partial charge is 0.223 e. The lowest BCUT2D eigenvalue weighted by atomic mass is 9.91. The lowest BCUT2D eigenvalue weighted by Crippen LogP contribution is -2.46. The number of benzene rings is 1. The first kappa shape index (κ1) is 22.7. The minimum Gasteiger partial charge on any atom is -0.355 e. The molecule has 0 unspecified atom stereocenters. The van der Waals surface area contributed by atoms with Gasteiger partial charge in [0.15, 0.2) is 0 Å². The molecule has 0 atom stereocenters. The molecule has 1 saturated heterocycles. The van der Waals surface area contributed by atoms with Crippen molar-refractivity contribution < 1.29 is 9.59 Å². The number of likely N-dealkylation sites (tertiary alicyclic amines) is 1. The van der Waals surface area contributed by atoms with Gasteiger partial charge in [-0.05, 0) is 44.5 Å². The first-order valence-corrected chi connectivity index (χ1v) is 11.6. The third-order valence-electron chi connectivity index (χ3n) is 5.59. The molecule has 0 spiro atoms. The number of amides is 2. The van der Waals surface area contributed by atoms with Crippen molar-refractivity contribution >= 4 is 33.4 Å². The van der Waals surface area contributed by atoms with Gasteiger partial charge in [0.25, 0.3) is 0 Å². The van der Waals surface area contributed by atoms with Crippen LogP contribution >= 0.6 is 11.3 Å². The third kappa shape index (κ3) is 6.25. The summed E-state index contributed by atoms with van der Waals surface area (Å²) in [5, 5.41) is 4.14. The molecule has 2 amide bonds. The van der Waals surface area contributed by atoms with E-state index in [9.17, 15) is 9.59 Å². The molecular formula is C23H34N4O2S. The van der Waals surface area contributed by atoms with E-state index in [0.29, 0.717) is 32.5 Å². The second kappa shape index (κ2) is 9.88. The van der Waals surface area contributed by atoms with Gasteiger partial charge in [-0.25, -0.2) is 4.98 Å². The Balaban J connectivity index is 1.41. The molecule has 30 heavy (non-hydrogen) atoms. The molecule has 3 rings (SSSR count). The van der Waals surface area contributed by atoms with Crippen molar-refractivity contribution in [1.82, 2.24) is 20.1 Å². The Bertz CT molecular complexity index is 836. The monoisotopic (exact) mass is 430 g/mol. The fourth-order valence-electron chi connectivity index (χ4n) is 4.17. The van der Waals surface area contributed by atoms with Gasteiger partial charge in [-0.15, -0.1) is 11.3 Å². The molecule has 2 heterocycles. The van der Waals surface area contributed by atoms with Crippen LogP contribution in [0.1, 0.15) is 38.1 Å². The van der Waals surface area contributed by atoms with Crippen LogP contribution in [-0.4, -0.2) is 66.9 Å². The van der Waals surface area contributed by atoms with Crippen molar-refractivity contribution in [3.63, 3.8) is 0 Å². The van der Waals surface area contributed by atoms with Crippen molar-refractivity contribution in [2.45, 2.75) is 39.5 Å². The molecule has 0 radical (unpaired) electrons. The van der Waals surface area contributed by atoms with Gasteiger partial charge >= 0.3 is 0 Å². The number of para-hydroxylation sites is 1.